The maximum Gasteiger partial charge on any atom is 0.133 e. The van der Waals surface area contributed by atoms with Crippen LogP contribution in [0.4, 0.5) is 5.82 Å². The Kier molecular flexibility index (Phi) is 3.99. The molecule has 1 aromatic rings. The fourth-order valence-corrected chi connectivity index (χ4v) is 3.37. The lowest BCUT2D eigenvalue weighted by Gasteiger charge is -2.32. The van der Waals surface area contributed by atoms with Crippen molar-refractivity contribution in [3.63, 3.8) is 0 Å². The molecule has 0 aliphatic carbocycles. The molecule has 104 valence electrons. The van der Waals surface area contributed by atoms with E-state index in [0.717, 1.165) is 32.7 Å². The molecular weight excluding hydrogens is 236 g/mol. The van der Waals surface area contributed by atoms with Gasteiger partial charge in [-0.3, -0.25) is 4.90 Å². The molecule has 4 heteroatoms. The Morgan fingerprint density at radius 3 is 2.95 bits per heavy atom. The molecule has 2 fully saturated rings. The second-order valence-corrected chi connectivity index (χ2v) is 5.44. The van der Waals surface area contributed by atoms with Gasteiger partial charge in [0.2, 0.25) is 0 Å². The third-order valence-corrected chi connectivity index (χ3v) is 4.36. The van der Waals surface area contributed by atoms with Crippen molar-refractivity contribution in [2.75, 3.05) is 44.2 Å². The lowest BCUT2D eigenvalue weighted by atomic mass is 10.0. The van der Waals surface area contributed by atoms with Crippen molar-refractivity contribution < 1.29 is 0 Å². The molecule has 2 aliphatic heterocycles. The highest BCUT2D eigenvalue weighted by molar-refractivity contribution is 5.49. The zero-order chi connectivity index (χ0) is 13.1. The molecule has 1 atom stereocenters. The lowest BCUT2D eigenvalue weighted by Crippen LogP contribution is -2.44. The monoisotopic (exact) mass is 260 g/mol. The van der Waals surface area contributed by atoms with Gasteiger partial charge in [0.1, 0.15) is 5.82 Å². The minimum Gasteiger partial charge on any atom is -0.354 e. The van der Waals surface area contributed by atoms with Crippen LogP contribution < -0.4 is 10.2 Å². The van der Waals surface area contributed by atoms with Crippen LogP contribution >= 0.6 is 0 Å². The summed E-state index contributed by atoms with van der Waals surface area (Å²) in [4.78, 5) is 9.72. The van der Waals surface area contributed by atoms with Crippen LogP contribution in [0.5, 0.6) is 0 Å². The van der Waals surface area contributed by atoms with E-state index in [0.29, 0.717) is 6.04 Å². The van der Waals surface area contributed by atoms with Gasteiger partial charge < -0.3 is 10.2 Å². The number of pyridine rings is 1. The van der Waals surface area contributed by atoms with E-state index in [1.165, 1.54) is 30.8 Å². The van der Waals surface area contributed by atoms with Crippen molar-refractivity contribution in [3.05, 3.63) is 23.9 Å². The second-order valence-electron chi connectivity index (χ2n) is 5.44. The van der Waals surface area contributed by atoms with Crippen molar-refractivity contribution in [2.24, 2.45) is 0 Å². The van der Waals surface area contributed by atoms with Gasteiger partial charge in [0.05, 0.1) is 0 Å². The molecule has 3 heterocycles. The minimum absolute atomic E-state index is 0.573. The van der Waals surface area contributed by atoms with Crippen LogP contribution in [0.2, 0.25) is 0 Å². The normalized spacial score (nSPS) is 24.9. The summed E-state index contributed by atoms with van der Waals surface area (Å²) in [6.07, 6.45) is 4.53. The maximum absolute atomic E-state index is 4.69. The summed E-state index contributed by atoms with van der Waals surface area (Å²) in [5, 5.41) is 3.41. The number of likely N-dealkylation sites (tertiary alicyclic amines) is 1. The van der Waals surface area contributed by atoms with Gasteiger partial charge in [-0.2, -0.15) is 0 Å². The van der Waals surface area contributed by atoms with Crippen molar-refractivity contribution in [1.29, 1.82) is 0 Å². The van der Waals surface area contributed by atoms with Crippen LogP contribution in [0.15, 0.2) is 18.3 Å². The largest absolute Gasteiger partial charge is 0.354 e. The molecule has 0 saturated carbocycles. The Balaban J connectivity index is 1.88. The first kappa shape index (κ1) is 12.9. The van der Waals surface area contributed by atoms with Crippen molar-refractivity contribution in [3.8, 4) is 0 Å². The summed E-state index contributed by atoms with van der Waals surface area (Å²) >= 11 is 0. The zero-order valence-corrected chi connectivity index (χ0v) is 11.8. The van der Waals surface area contributed by atoms with E-state index in [-0.39, 0.29) is 0 Å². The van der Waals surface area contributed by atoms with Crippen molar-refractivity contribution in [2.45, 2.75) is 25.8 Å². The topological polar surface area (TPSA) is 31.4 Å². The van der Waals surface area contributed by atoms with Crippen LogP contribution in [-0.4, -0.2) is 49.2 Å². The number of rotatable bonds is 3. The van der Waals surface area contributed by atoms with E-state index in [9.17, 15) is 0 Å². The van der Waals surface area contributed by atoms with Gasteiger partial charge in [0.25, 0.3) is 0 Å². The van der Waals surface area contributed by atoms with Crippen LogP contribution in [0.25, 0.3) is 0 Å². The highest BCUT2D eigenvalue weighted by Gasteiger charge is 2.28. The van der Waals surface area contributed by atoms with Crippen LogP contribution in [0, 0.1) is 0 Å². The number of hydrogen-bond acceptors (Lipinski definition) is 4. The second kappa shape index (κ2) is 5.88. The van der Waals surface area contributed by atoms with E-state index >= 15 is 0 Å². The molecule has 19 heavy (non-hydrogen) atoms. The molecule has 0 bridgehead atoms. The van der Waals surface area contributed by atoms with Gasteiger partial charge in [-0.15, -0.1) is 0 Å². The number of hydrogen-bond donors (Lipinski definition) is 1. The summed E-state index contributed by atoms with van der Waals surface area (Å²) in [5.74, 6) is 1.22. The molecular formula is C15H24N4. The molecule has 2 saturated heterocycles. The molecule has 1 N–H and O–H groups in total. The quantitative estimate of drug-likeness (QED) is 0.895. The molecule has 2 aliphatic rings. The van der Waals surface area contributed by atoms with Gasteiger partial charge in [-0.05, 0) is 32.0 Å². The third kappa shape index (κ3) is 2.60. The van der Waals surface area contributed by atoms with Crippen molar-refractivity contribution >= 4 is 5.82 Å². The van der Waals surface area contributed by atoms with Gasteiger partial charge in [0, 0.05) is 44.0 Å². The van der Waals surface area contributed by atoms with Crippen LogP contribution in [0.1, 0.15) is 31.4 Å². The van der Waals surface area contributed by atoms with Gasteiger partial charge >= 0.3 is 0 Å². The van der Waals surface area contributed by atoms with Crippen LogP contribution in [-0.2, 0) is 0 Å². The summed E-state index contributed by atoms with van der Waals surface area (Å²) < 4.78 is 0. The SMILES string of the molecule is CCN1CCC[C@@H]1c1cccnc1N1CCNCC1. The molecule has 0 unspecified atom stereocenters. The number of nitrogens with zero attached hydrogens (tertiary/aromatic N) is 3. The van der Waals surface area contributed by atoms with E-state index in [2.05, 4.69) is 39.2 Å². The van der Waals surface area contributed by atoms with Gasteiger partial charge in [-0.1, -0.05) is 13.0 Å². The summed E-state index contributed by atoms with van der Waals surface area (Å²) in [6.45, 7) is 8.92. The van der Waals surface area contributed by atoms with E-state index in [4.69, 9.17) is 0 Å². The Morgan fingerprint density at radius 1 is 1.32 bits per heavy atom. The molecule has 1 aromatic heterocycles. The number of aromatic nitrogens is 1. The van der Waals surface area contributed by atoms with Gasteiger partial charge in [0.15, 0.2) is 0 Å². The maximum atomic E-state index is 4.69. The van der Waals surface area contributed by atoms with Crippen LogP contribution in [0.3, 0.4) is 0 Å². The fraction of sp³-hybridized carbons (Fsp3) is 0.667. The van der Waals surface area contributed by atoms with E-state index < -0.39 is 0 Å². The summed E-state index contributed by atoms with van der Waals surface area (Å²) in [6, 6.07) is 4.94. The minimum atomic E-state index is 0.573. The first-order valence-corrected chi connectivity index (χ1v) is 7.55. The molecule has 3 rings (SSSR count). The molecule has 0 aromatic carbocycles. The predicted molar refractivity (Wildman–Crippen MR) is 78.5 cm³/mol. The Bertz CT molecular complexity index is 414. The molecule has 0 amide bonds. The standard InChI is InChI=1S/C15H24N4/c1-2-18-10-4-6-14(18)13-5-3-7-17-15(13)19-11-8-16-9-12-19/h3,5,7,14,16H,2,4,6,8-12H2,1H3/t14-/m1/s1. The fourth-order valence-electron chi connectivity index (χ4n) is 3.37. The predicted octanol–water partition coefficient (Wildman–Crippen LogP) is 1.65. The summed E-state index contributed by atoms with van der Waals surface area (Å²) in [7, 11) is 0. The molecule has 4 nitrogen and oxygen atoms in total. The highest BCUT2D eigenvalue weighted by Crippen LogP contribution is 2.35. The van der Waals surface area contributed by atoms with E-state index in [1.807, 2.05) is 6.20 Å². The van der Waals surface area contributed by atoms with Gasteiger partial charge in [-0.25, -0.2) is 4.98 Å². The number of piperazine rings is 1. The average Bonchev–Trinajstić information content (AvgIpc) is 2.96. The summed E-state index contributed by atoms with van der Waals surface area (Å²) in [5.41, 5.74) is 1.43. The smallest absolute Gasteiger partial charge is 0.133 e. The first-order chi connectivity index (χ1) is 9.40. The number of anilines is 1. The highest BCUT2D eigenvalue weighted by atomic mass is 15.2. The number of nitrogens with one attached hydrogen (secondary N) is 1. The molecule has 0 radical (unpaired) electrons. The zero-order valence-electron chi connectivity index (χ0n) is 11.8. The molecule has 0 spiro atoms. The third-order valence-electron chi connectivity index (χ3n) is 4.36. The Labute approximate surface area is 115 Å². The lowest BCUT2D eigenvalue weighted by molar-refractivity contribution is 0.271. The Morgan fingerprint density at radius 2 is 2.16 bits per heavy atom. The van der Waals surface area contributed by atoms with E-state index in [1.54, 1.807) is 0 Å². The first-order valence-electron chi connectivity index (χ1n) is 7.55. The van der Waals surface area contributed by atoms with Crippen molar-refractivity contribution in [1.82, 2.24) is 15.2 Å². The average molecular weight is 260 g/mol. The Hall–Kier alpha value is -1.13.